The molecule has 1 aliphatic heterocycles. The second kappa shape index (κ2) is 5.06. The Labute approximate surface area is 102 Å². The summed E-state index contributed by atoms with van der Waals surface area (Å²) in [7, 11) is -2.97. The lowest BCUT2D eigenvalue weighted by atomic mass is 10.1. The molecule has 0 aromatic heterocycles. The monoisotopic (exact) mass is 255 g/mol. The fourth-order valence-corrected chi connectivity index (χ4v) is 3.43. The highest BCUT2D eigenvalue weighted by molar-refractivity contribution is 7.91. The molecule has 1 atom stereocenters. The predicted molar refractivity (Wildman–Crippen MR) is 66.9 cm³/mol. The summed E-state index contributed by atoms with van der Waals surface area (Å²) in [6.07, 6.45) is 1.47. The molecule has 1 saturated heterocycles. The van der Waals surface area contributed by atoms with E-state index in [0.29, 0.717) is 6.42 Å². The van der Waals surface area contributed by atoms with Crippen molar-refractivity contribution in [2.75, 3.05) is 18.1 Å². The van der Waals surface area contributed by atoms with Crippen LogP contribution in [0, 0.1) is 0 Å². The molecule has 0 amide bonds. The first-order chi connectivity index (χ1) is 8.05. The van der Waals surface area contributed by atoms with Gasteiger partial charge in [-0.15, -0.1) is 0 Å². The Balaban J connectivity index is 1.86. The molecule has 0 saturated carbocycles. The maximum Gasteiger partial charge on any atom is 0.152 e. The van der Waals surface area contributed by atoms with E-state index in [4.69, 9.17) is 5.11 Å². The third-order valence-electron chi connectivity index (χ3n) is 3.02. The van der Waals surface area contributed by atoms with Crippen LogP contribution in [-0.4, -0.2) is 37.6 Å². The highest BCUT2D eigenvalue weighted by Crippen LogP contribution is 2.12. The van der Waals surface area contributed by atoms with Gasteiger partial charge in [0.05, 0.1) is 11.5 Å². The number of phenolic OH excluding ortho intramolecular Hbond substituents is 1. The smallest absolute Gasteiger partial charge is 0.152 e. The van der Waals surface area contributed by atoms with Gasteiger partial charge in [0.25, 0.3) is 0 Å². The summed E-state index contributed by atoms with van der Waals surface area (Å²) in [5, 5.41) is 12.2. The first-order valence-corrected chi connectivity index (χ1v) is 7.59. The van der Waals surface area contributed by atoms with Gasteiger partial charge in [0.15, 0.2) is 9.84 Å². The summed E-state index contributed by atoms with van der Waals surface area (Å²) in [6.45, 7) is 0.929. The van der Waals surface area contributed by atoms with Gasteiger partial charge in [-0.05, 0) is 37.1 Å². The van der Waals surface area contributed by atoms with Crippen LogP contribution < -0.4 is 5.32 Å². The third kappa shape index (κ3) is 3.71. The summed E-state index contributed by atoms with van der Waals surface area (Å²) in [6, 6.07) is 6.82. The molecule has 1 aromatic carbocycles. The molecule has 17 heavy (non-hydrogen) atoms. The van der Waals surface area contributed by atoms with Gasteiger partial charge in [-0.1, -0.05) is 12.1 Å². The van der Waals surface area contributed by atoms with Crippen molar-refractivity contribution in [3.63, 3.8) is 0 Å². The van der Waals surface area contributed by atoms with Gasteiger partial charge in [-0.2, -0.15) is 0 Å². The van der Waals surface area contributed by atoms with Crippen molar-refractivity contribution in [2.24, 2.45) is 0 Å². The Bertz CT molecular complexity index is 463. The molecule has 0 aliphatic carbocycles. The van der Waals surface area contributed by atoms with E-state index in [9.17, 15) is 8.42 Å². The van der Waals surface area contributed by atoms with Gasteiger partial charge < -0.3 is 10.4 Å². The van der Waals surface area contributed by atoms with Crippen LogP contribution in [0.3, 0.4) is 0 Å². The van der Waals surface area contributed by atoms with Crippen LogP contribution >= 0.6 is 0 Å². The molecule has 0 radical (unpaired) electrons. The summed E-state index contributed by atoms with van der Waals surface area (Å²) < 4.78 is 23.6. The minimum Gasteiger partial charge on any atom is -0.508 e. The molecular weight excluding hydrogens is 238 g/mol. The molecule has 0 spiro atoms. The van der Waals surface area contributed by atoms with Gasteiger partial charge in [0.2, 0.25) is 0 Å². The molecule has 94 valence electrons. The van der Waals surface area contributed by atoms with Crippen molar-refractivity contribution in [1.29, 1.82) is 0 Å². The fraction of sp³-hybridized carbons (Fsp3) is 0.500. The number of hydrogen-bond donors (Lipinski definition) is 2. The number of nitrogens with one attached hydrogen (secondary N) is 1. The lowest BCUT2D eigenvalue weighted by Crippen LogP contribution is -2.47. The first kappa shape index (κ1) is 12.4. The second-order valence-electron chi connectivity index (χ2n) is 4.47. The van der Waals surface area contributed by atoms with Crippen LogP contribution in [0.1, 0.15) is 12.0 Å². The number of rotatable bonds is 5. The van der Waals surface area contributed by atoms with E-state index in [2.05, 4.69) is 5.32 Å². The number of hydrogen-bond acceptors (Lipinski definition) is 4. The zero-order chi connectivity index (χ0) is 12.3. The van der Waals surface area contributed by atoms with Crippen LogP contribution in [0.5, 0.6) is 5.75 Å². The zero-order valence-electron chi connectivity index (χ0n) is 9.59. The Morgan fingerprint density at radius 2 is 1.94 bits per heavy atom. The number of aryl methyl sites for hydroxylation is 1. The van der Waals surface area contributed by atoms with Gasteiger partial charge in [-0.3, -0.25) is 0 Å². The Kier molecular flexibility index (Phi) is 3.69. The molecule has 1 aliphatic rings. The van der Waals surface area contributed by atoms with Crippen LogP contribution in [0.25, 0.3) is 0 Å². The van der Waals surface area contributed by atoms with E-state index in [1.807, 2.05) is 0 Å². The van der Waals surface area contributed by atoms with E-state index in [0.717, 1.165) is 18.5 Å². The number of benzene rings is 1. The topological polar surface area (TPSA) is 66.4 Å². The predicted octanol–water partition coefficient (Wildman–Crippen LogP) is 0.711. The molecule has 2 N–H and O–H groups in total. The maximum absolute atomic E-state index is 11.8. The number of phenols is 1. The summed E-state index contributed by atoms with van der Waals surface area (Å²) in [4.78, 5) is 0. The van der Waals surface area contributed by atoms with Crippen molar-refractivity contribution >= 4 is 9.84 Å². The van der Waals surface area contributed by atoms with Crippen LogP contribution in [0.4, 0.5) is 0 Å². The van der Waals surface area contributed by atoms with Gasteiger partial charge in [0.1, 0.15) is 5.75 Å². The lowest BCUT2D eigenvalue weighted by Gasteiger charge is -2.27. The molecule has 1 heterocycles. The lowest BCUT2D eigenvalue weighted by molar-refractivity contribution is 0.399. The van der Waals surface area contributed by atoms with Crippen LogP contribution in [-0.2, 0) is 16.3 Å². The van der Waals surface area contributed by atoms with E-state index >= 15 is 0 Å². The standard InChI is InChI=1S/C12H17NO3S/c14-12-3-1-10(2-4-12)6-8-17(15,16)9-11-5-7-13-11/h1-4,11,13-14H,5-9H2. The Hall–Kier alpha value is -1.07. The van der Waals surface area contributed by atoms with Crippen molar-refractivity contribution in [2.45, 2.75) is 18.9 Å². The summed E-state index contributed by atoms with van der Waals surface area (Å²) in [5.74, 6) is 0.622. The van der Waals surface area contributed by atoms with Gasteiger partial charge >= 0.3 is 0 Å². The highest BCUT2D eigenvalue weighted by atomic mass is 32.2. The molecule has 0 bridgehead atoms. The SMILES string of the molecule is O=S(=O)(CCc1ccc(O)cc1)CC1CCN1. The zero-order valence-corrected chi connectivity index (χ0v) is 10.4. The van der Waals surface area contributed by atoms with Crippen molar-refractivity contribution in [1.82, 2.24) is 5.32 Å². The molecule has 1 unspecified atom stereocenters. The van der Waals surface area contributed by atoms with Gasteiger partial charge in [-0.25, -0.2) is 8.42 Å². The third-order valence-corrected chi connectivity index (χ3v) is 4.76. The number of aromatic hydroxyl groups is 1. The van der Waals surface area contributed by atoms with E-state index in [-0.39, 0.29) is 23.3 Å². The van der Waals surface area contributed by atoms with Gasteiger partial charge in [0, 0.05) is 6.04 Å². The Morgan fingerprint density at radius 1 is 1.29 bits per heavy atom. The van der Waals surface area contributed by atoms with Crippen LogP contribution in [0.15, 0.2) is 24.3 Å². The molecule has 2 rings (SSSR count). The summed E-state index contributed by atoms with van der Waals surface area (Å²) >= 11 is 0. The van der Waals surface area contributed by atoms with Crippen LogP contribution in [0.2, 0.25) is 0 Å². The van der Waals surface area contributed by atoms with E-state index < -0.39 is 9.84 Å². The molecule has 1 fully saturated rings. The molecule has 5 heteroatoms. The Morgan fingerprint density at radius 3 is 2.47 bits per heavy atom. The average molecular weight is 255 g/mol. The number of sulfone groups is 1. The highest BCUT2D eigenvalue weighted by Gasteiger charge is 2.23. The fourth-order valence-electron chi connectivity index (χ4n) is 1.82. The van der Waals surface area contributed by atoms with Crippen molar-refractivity contribution in [3.05, 3.63) is 29.8 Å². The normalized spacial score (nSPS) is 19.9. The summed E-state index contributed by atoms with van der Waals surface area (Å²) in [5.41, 5.74) is 0.938. The quantitative estimate of drug-likeness (QED) is 0.813. The average Bonchev–Trinajstić information content (AvgIpc) is 2.23. The van der Waals surface area contributed by atoms with E-state index in [1.165, 1.54) is 0 Å². The van der Waals surface area contributed by atoms with Crippen molar-refractivity contribution < 1.29 is 13.5 Å². The van der Waals surface area contributed by atoms with E-state index in [1.54, 1.807) is 24.3 Å². The van der Waals surface area contributed by atoms with Crippen molar-refractivity contribution in [3.8, 4) is 5.75 Å². The molecule has 4 nitrogen and oxygen atoms in total. The minimum absolute atomic E-state index is 0.153. The maximum atomic E-state index is 11.8. The molecule has 1 aromatic rings. The largest absolute Gasteiger partial charge is 0.508 e. The first-order valence-electron chi connectivity index (χ1n) is 5.77. The second-order valence-corrected chi connectivity index (χ2v) is 6.70. The minimum atomic E-state index is -2.97. The molecular formula is C12H17NO3S.